The van der Waals surface area contributed by atoms with E-state index in [1.807, 2.05) is 0 Å². The van der Waals surface area contributed by atoms with Gasteiger partial charge in [-0.15, -0.1) is 0 Å². The summed E-state index contributed by atoms with van der Waals surface area (Å²) in [7, 11) is 0. The van der Waals surface area contributed by atoms with Crippen LogP contribution in [-0.2, 0) is 19.1 Å². The molecular weight excluding hydrogens is 240 g/mol. The molecule has 18 heavy (non-hydrogen) atoms. The number of rotatable bonds is 8. The fraction of sp³-hybridized carbons (Fsp3) is 0.833. The van der Waals surface area contributed by atoms with E-state index >= 15 is 0 Å². The van der Waals surface area contributed by atoms with Gasteiger partial charge >= 0.3 is 11.9 Å². The molecule has 3 unspecified atom stereocenters. The maximum Gasteiger partial charge on any atom is 0.306 e. The second-order valence-electron chi connectivity index (χ2n) is 4.14. The van der Waals surface area contributed by atoms with Crippen LogP contribution in [-0.4, -0.2) is 47.1 Å². The van der Waals surface area contributed by atoms with E-state index < -0.39 is 24.8 Å². The molecule has 0 aromatic rings. The number of hydrogen-bond donors (Lipinski definition) is 2. The van der Waals surface area contributed by atoms with Crippen LogP contribution in [0.3, 0.4) is 0 Å². The van der Waals surface area contributed by atoms with E-state index in [0.29, 0.717) is 12.8 Å². The van der Waals surface area contributed by atoms with Crippen LogP contribution in [0.5, 0.6) is 0 Å². The molecule has 0 heterocycles. The van der Waals surface area contributed by atoms with Crippen LogP contribution in [0.15, 0.2) is 0 Å². The van der Waals surface area contributed by atoms with Crippen molar-refractivity contribution in [2.75, 3.05) is 6.61 Å². The third-order valence-electron chi connectivity index (χ3n) is 2.42. The summed E-state index contributed by atoms with van der Waals surface area (Å²) in [4.78, 5) is 22.4. The molecule has 0 aliphatic rings. The van der Waals surface area contributed by atoms with Crippen LogP contribution in [0.1, 0.15) is 40.0 Å². The molecule has 0 bridgehead atoms. The quantitative estimate of drug-likeness (QED) is 0.615. The van der Waals surface area contributed by atoms with Gasteiger partial charge in [0.15, 0.2) is 0 Å². The van der Waals surface area contributed by atoms with Gasteiger partial charge in [-0.25, -0.2) is 0 Å². The normalized spacial score (nSPS) is 15.6. The highest BCUT2D eigenvalue weighted by Gasteiger charge is 2.18. The first-order chi connectivity index (χ1) is 8.40. The lowest BCUT2D eigenvalue weighted by Gasteiger charge is -2.18. The zero-order chi connectivity index (χ0) is 14.1. The van der Waals surface area contributed by atoms with E-state index in [1.54, 1.807) is 13.8 Å². The van der Waals surface area contributed by atoms with Gasteiger partial charge < -0.3 is 19.7 Å². The molecule has 0 spiro atoms. The van der Waals surface area contributed by atoms with Gasteiger partial charge in [-0.3, -0.25) is 9.59 Å². The van der Waals surface area contributed by atoms with Crippen molar-refractivity contribution in [3.8, 4) is 0 Å². The average molecular weight is 262 g/mol. The minimum atomic E-state index is -1.08. The van der Waals surface area contributed by atoms with Gasteiger partial charge in [-0.05, 0) is 20.3 Å². The van der Waals surface area contributed by atoms with Crippen molar-refractivity contribution in [3.05, 3.63) is 0 Å². The van der Waals surface area contributed by atoms with E-state index in [-0.39, 0.29) is 18.5 Å². The Morgan fingerprint density at radius 2 is 1.78 bits per heavy atom. The molecule has 0 aromatic carbocycles. The number of esters is 2. The van der Waals surface area contributed by atoms with Crippen LogP contribution in [0.25, 0.3) is 0 Å². The van der Waals surface area contributed by atoms with Crippen LogP contribution < -0.4 is 0 Å². The predicted molar refractivity (Wildman–Crippen MR) is 63.7 cm³/mol. The lowest BCUT2D eigenvalue weighted by atomic mass is 10.2. The maximum absolute atomic E-state index is 11.4. The maximum atomic E-state index is 11.4. The van der Waals surface area contributed by atoms with E-state index in [4.69, 9.17) is 14.6 Å². The number of aliphatic hydroxyl groups excluding tert-OH is 2. The minimum absolute atomic E-state index is 0.0979. The molecule has 0 saturated heterocycles. The Hall–Kier alpha value is -1.14. The van der Waals surface area contributed by atoms with Gasteiger partial charge in [0.1, 0.15) is 12.2 Å². The fourth-order valence-electron chi connectivity index (χ4n) is 1.18. The van der Waals surface area contributed by atoms with Gasteiger partial charge in [0.25, 0.3) is 0 Å². The molecule has 0 radical (unpaired) electrons. The zero-order valence-electron chi connectivity index (χ0n) is 11.1. The number of carbonyl (C=O) groups excluding carboxylic acids is 2. The Kier molecular flexibility index (Phi) is 8.32. The highest BCUT2D eigenvalue weighted by atomic mass is 16.6. The molecule has 2 N–H and O–H groups in total. The van der Waals surface area contributed by atoms with Crippen molar-refractivity contribution >= 4 is 11.9 Å². The third-order valence-corrected chi connectivity index (χ3v) is 2.42. The SMILES string of the molecule is CCC(=O)OC(C)CCC(=O)OC(C)C(O)CO. The lowest BCUT2D eigenvalue weighted by molar-refractivity contribution is -0.157. The lowest BCUT2D eigenvalue weighted by Crippen LogP contribution is -2.31. The standard InChI is InChI=1S/C12H22O6/c1-4-11(15)17-8(2)5-6-12(16)18-9(3)10(14)7-13/h8-10,13-14H,4-7H2,1-3H3. The summed E-state index contributed by atoms with van der Waals surface area (Å²) in [6.07, 6.45) is -1.41. The van der Waals surface area contributed by atoms with Crippen molar-refractivity contribution in [1.29, 1.82) is 0 Å². The Morgan fingerprint density at radius 3 is 2.28 bits per heavy atom. The monoisotopic (exact) mass is 262 g/mol. The second kappa shape index (κ2) is 8.88. The fourth-order valence-corrected chi connectivity index (χ4v) is 1.18. The number of aliphatic hydroxyl groups is 2. The number of hydrogen-bond acceptors (Lipinski definition) is 6. The first-order valence-electron chi connectivity index (χ1n) is 6.08. The van der Waals surface area contributed by atoms with Gasteiger partial charge in [0.05, 0.1) is 12.7 Å². The Labute approximate surface area is 107 Å². The molecule has 0 rings (SSSR count). The van der Waals surface area contributed by atoms with Crippen LogP contribution in [0.4, 0.5) is 0 Å². The molecular formula is C12H22O6. The van der Waals surface area contributed by atoms with Crippen molar-refractivity contribution in [2.45, 2.75) is 58.3 Å². The van der Waals surface area contributed by atoms with Crippen molar-refractivity contribution in [2.24, 2.45) is 0 Å². The smallest absolute Gasteiger partial charge is 0.306 e. The molecule has 3 atom stereocenters. The van der Waals surface area contributed by atoms with Crippen LogP contribution >= 0.6 is 0 Å². The summed E-state index contributed by atoms with van der Waals surface area (Å²) in [6, 6.07) is 0. The second-order valence-corrected chi connectivity index (χ2v) is 4.14. The molecule has 6 nitrogen and oxygen atoms in total. The van der Waals surface area contributed by atoms with Gasteiger partial charge in [-0.1, -0.05) is 6.92 Å². The van der Waals surface area contributed by atoms with Crippen LogP contribution in [0, 0.1) is 0 Å². The van der Waals surface area contributed by atoms with Crippen molar-refractivity contribution in [1.82, 2.24) is 0 Å². The van der Waals surface area contributed by atoms with Crippen LogP contribution in [0.2, 0.25) is 0 Å². The van der Waals surface area contributed by atoms with E-state index in [1.165, 1.54) is 6.92 Å². The van der Waals surface area contributed by atoms with E-state index in [9.17, 15) is 14.7 Å². The Morgan fingerprint density at radius 1 is 1.17 bits per heavy atom. The van der Waals surface area contributed by atoms with Gasteiger partial charge in [0.2, 0.25) is 0 Å². The molecule has 0 fully saturated rings. The molecule has 0 aromatic heterocycles. The van der Waals surface area contributed by atoms with Gasteiger partial charge in [0, 0.05) is 12.8 Å². The summed E-state index contributed by atoms with van der Waals surface area (Å²) < 4.78 is 9.88. The zero-order valence-corrected chi connectivity index (χ0v) is 11.1. The summed E-state index contributed by atoms with van der Waals surface area (Å²) in [5.74, 6) is -0.797. The minimum Gasteiger partial charge on any atom is -0.463 e. The topological polar surface area (TPSA) is 93.1 Å². The first-order valence-corrected chi connectivity index (χ1v) is 6.08. The van der Waals surface area contributed by atoms with Gasteiger partial charge in [-0.2, -0.15) is 0 Å². The van der Waals surface area contributed by atoms with Crippen molar-refractivity contribution < 1.29 is 29.3 Å². The van der Waals surface area contributed by atoms with Crippen molar-refractivity contribution in [3.63, 3.8) is 0 Å². The number of ether oxygens (including phenoxy) is 2. The Bertz CT molecular complexity index is 265. The number of carbonyl (C=O) groups is 2. The average Bonchev–Trinajstić information content (AvgIpc) is 2.34. The first kappa shape index (κ1) is 16.9. The Balaban J connectivity index is 3.86. The molecule has 0 aliphatic carbocycles. The highest BCUT2D eigenvalue weighted by Crippen LogP contribution is 2.07. The summed E-state index contributed by atoms with van der Waals surface area (Å²) in [6.45, 7) is 4.44. The summed E-state index contributed by atoms with van der Waals surface area (Å²) in [5.41, 5.74) is 0. The molecule has 0 saturated carbocycles. The molecule has 106 valence electrons. The molecule has 0 amide bonds. The molecule has 0 aliphatic heterocycles. The predicted octanol–water partition coefficient (Wildman–Crippen LogP) is 0.393. The van der Waals surface area contributed by atoms with E-state index in [2.05, 4.69) is 0 Å². The largest absolute Gasteiger partial charge is 0.463 e. The highest BCUT2D eigenvalue weighted by molar-refractivity contribution is 5.70. The summed E-state index contributed by atoms with van der Waals surface area (Å²) >= 11 is 0. The van der Waals surface area contributed by atoms with E-state index in [0.717, 1.165) is 0 Å². The molecule has 6 heteroatoms. The summed E-state index contributed by atoms with van der Waals surface area (Å²) in [5, 5.41) is 17.9. The third kappa shape index (κ3) is 7.24.